The minimum atomic E-state index is 0.506. The summed E-state index contributed by atoms with van der Waals surface area (Å²) in [6.45, 7) is 2.89. The molecule has 1 aromatic rings. The van der Waals surface area contributed by atoms with Gasteiger partial charge in [0.05, 0.1) is 20.8 Å². The molecule has 1 aromatic carbocycles. The highest BCUT2D eigenvalue weighted by molar-refractivity contribution is 5.54. The molecular weight excluding hydrogens is 230 g/mol. The van der Waals surface area contributed by atoms with Crippen molar-refractivity contribution >= 4 is 0 Å². The van der Waals surface area contributed by atoms with E-state index in [0.29, 0.717) is 11.8 Å². The van der Waals surface area contributed by atoms with E-state index in [0.717, 1.165) is 36.9 Å². The zero-order valence-electron chi connectivity index (χ0n) is 10.9. The molecule has 0 spiro atoms. The first-order chi connectivity index (χ1) is 8.83. The lowest BCUT2D eigenvalue weighted by Crippen LogP contribution is -2.40. The molecule has 0 amide bonds. The maximum Gasteiger partial charge on any atom is 0.164 e. The third-order valence-corrected chi connectivity index (χ3v) is 3.98. The van der Waals surface area contributed by atoms with Gasteiger partial charge in [0.2, 0.25) is 0 Å². The normalized spacial score (nSPS) is 25.7. The van der Waals surface area contributed by atoms with Crippen LogP contribution in [0, 0.1) is 5.92 Å². The van der Waals surface area contributed by atoms with Crippen molar-refractivity contribution in [2.45, 2.75) is 12.3 Å². The van der Waals surface area contributed by atoms with Crippen LogP contribution < -0.4 is 19.5 Å². The third kappa shape index (κ3) is 1.81. The highest BCUT2D eigenvalue weighted by Gasteiger charge is 2.34. The van der Waals surface area contributed by atoms with E-state index in [4.69, 9.17) is 14.2 Å². The predicted molar refractivity (Wildman–Crippen MR) is 68.8 cm³/mol. The minimum absolute atomic E-state index is 0.506. The van der Waals surface area contributed by atoms with Crippen LogP contribution in [0.5, 0.6) is 17.2 Å². The molecule has 2 aliphatic heterocycles. The highest BCUT2D eigenvalue weighted by Crippen LogP contribution is 2.46. The number of rotatable bonds is 2. The van der Waals surface area contributed by atoms with Gasteiger partial charge in [0.15, 0.2) is 11.5 Å². The predicted octanol–water partition coefficient (Wildman–Crippen LogP) is 1.79. The van der Waals surface area contributed by atoms with Gasteiger partial charge in [-0.1, -0.05) is 0 Å². The highest BCUT2D eigenvalue weighted by atomic mass is 16.5. The van der Waals surface area contributed by atoms with E-state index >= 15 is 0 Å². The summed E-state index contributed by atoms with van der Waals surface area (Å²) < 4.78 is 16.7. The molecule has 1 N–H and O–H groups in total. The average Bonchev–Trinajstić information content (AvgIpc) is 2.45. The summed E-state index contributed by atoms with van der Waals surface area (Å²) in [5.74, 6) is 3.61. The van der Waals surface area contributed by atoms with E-state index in [1.54, 1.807) is 14.2 Å². The van der Waals surface area contributed by atoms with Crippen molar-refractivity contribution in [3.63, 3.8) is 0 Å². The summed E-state index contributed by atoms with van der Waals surface area (Å²) in [7, 11) is 3.35. The molecule has 18 heavy (non-hydrogen) atoms. The Balaban J connectivity index is 2.05. The number of benzene rings is 1. The Morgan fingerprint density at radius 2 is 2.17 bits per heavy atom. The zero-order chi connectivity index (χ0) is 12.5. The van der Waals surface area contributed by atoms with E-state index in [1.807, 2.05) is 6.07 Å². The minimum Gasteiger partial charge on any atom is -0.497 e. The lowest BCUT2D eigenvalue weighted by molar-refractivity contribution is 0.159. The molecule has 0 unspecified atom stereocenters. The summed E-state index contributed by atoms with van der Waals surface area (Å²) in [6, 6.07) is 3.97. The van der Waals surface area contributed by atoms with Crippen molar-refractivity contribution in [3.8, 4) is 17.2 Å². The van der Waals surface area contributed by atoms with Crippen molar-refractivity contribution in [2.24, 2.45) is 5.92 Å². The lowest BCUT2D eigenvalue weighted by Gasteiger charge is -2.37. The molecule has 0 radical (unpaired) electrons. The van der Waals surface area contributed by atoms with Crippen molar-refractivity contribution in [2.75, 3.05) is 33.9 Å². The van der Waals surface area contributed by atoms with Gasteiger partial charge in [-0.25, -0.2) is 0 Å². The quantitative estimate of drug-likeness (QED) is 0.867. The molecule has 2 aliphatic rings. The first kappa shape index (κ1) is 11.7. The second kappa shape index (κ2) is 4.69. The molecule has 2 heterocycles. The Kier molecular flexibility index (Phi) is 3.04. The van der Waals surface area contributed by atoms with E-state index in [1.165, 1.54) is 12.0 Å². The largest absolute Gasteiger partial charge is 0.497 e. The van der Waals surface area contributed by atoms with E-state index in [-0.39, 0.29) is 0 Å². The number of hydrogen-bond donors (Lipinski definition) is 1. The van der Waals surface area contributed by atoms with E-state index in [2.05, 4.69) is 11.4 Å². The summed E-state index contributed by atoms with van der Waals surface area (Å²) in [5, 5.41) is 3.46. The second-order valence-electron chi connectivity index (χ2n) is 4.92. The zero-order valence-corrected chi connectivity index (χ0v) is 10.9. The topological polar surface area (TPSA) is 39.7 Å². The van der Waals surface area contributed by atoms with Crippen LogP contribution in [0.15, 0.2) is 12.1 Å². The van der Waals surface area contributed by atoms with Crippen LogP contribution in [-0.4, -0.2) is 33.9 Å². The van der Waals surface area contributed by atoms with Crippen molar-refractivity contribution in [1.82, 2.24) is 5.32 Å². The lowest BCUT2D eigenvalue weighted by atomic mass is 9.80. The third-order valence-electron chi connectivity index (χ3n) is 3.98. The van der Waals surface area contributed by atoms with Crippen molar-refractivity contribution in [1.29, 1.82) is 0 Å². The number of ether oxygens (including phenoxy) is 3. The van der Waals surface area contributed by atoms with Gasteiger partial charge in [-0.2, -0.15) is 0 Å². The summed E-state index contributed by atoms with van der Waals surface area (Å²) in [5.41, 5.74) is 1.22. The Labute approximate surface area is 107 Å². The Bertz CT molecular complexity index is 447. The van der Waals surface area contributed by atoms with Gasteiger partial charge in [0.25, 0.3) is 0 Å². The molecule has 2 atom stereocenters. The standard InChI is InChI=1S/C14H19NO3/c1-16-10-5-11-12-7-15-4-3-9(12)8-18-14(11)13(6-10)17-2/h5-6,9,12,15H,3-4,7-8H2,1-2H3/t9-,12-/m0/s1. The van der Waals surface area contributed by atoms with Crippen molar-refractivity contribution in [3.05, 3.63) is 17.7 Å². The Hall–Kier alpha value is -1.42. The van der Waals surface area contributed by atoms with Crippen LogP contribution in [-0.2, 0) is 0 Å². The van der Waals surface area contributed by atoms with Crippen LogP contribution in [0.4, 0.5) is 0 Å². The second-order valence-corrected chi connectivity index (χ2v) is 4.92. The van der Waals surface area contributed by atoms with Crippen LogP contribution in [0.3, 0.4) is 0 Å². The first-order valence-corrected chi connectivity index (χ1v) is 6.43. The molecule has 0 bridgehead atoms. The van der Waals surface area contributed by atoms with Crippen LogP contribution in [0.25, 0.3) is 0 Å². The number of nitrogens with one attached hydrogen (secondary N) is 1. The van der Waals surface area contributed by atoms with Crippen LogP contribution >= 0.6 is 0 Å². The number of hydrogen-bond acceptors (Lipinski definition) is 4. The van der Waals surface area contributed by atoms with Gasteiger partial charge in [-0.05, 0) is 19.0 Å². The SMILES string of the molecule is COc1cc(OC)c2c(c1)[C@H]1CNCC[C@H]1CO2. The van der Waals surface area contributed by atoms with E-state index in [9.17, 15) is 0 Å². The van der Waals surface area contributed by atoms with Gasteiger partial charge in [-0.15, -0.1) is 0 Å². The Morgan fingerprint density at radius 1 is 1.28 bits per heavy atom. The Morgan fingerprint density at radius 3 is 2.94 bits per heavy atom. The molecule has 3 rings (SSSR count). The molecule has 0 aromatic heterocycles. The molecule has 4 heteroatoms. The summed E-state index contributed by atoms with van der Waals surface area (Å²) in [6.07, 6.45) is 1.17. The fourth-order valence-electron chi connectivity index (χ4n) is 2.96. The molecule has 98 valence electrons. The summed E-state index contributed by atoms with van der Waals surface area (Å²) >= 11 is 0. The summed E-state index contributed by atoms with van der Waals surface area (Å²) in [4.78, 5) is 0. The van der Waals surface area contributed by atoms with Gasteiger partial charge in [-0.3, -0.25) is 0 Å². The fraction of sp³-hybridized carbons (Fsp3) is 0.571. The number of methoxy groups -OCH3 is 2. The van der Waals surface area contributed by atoms with Crippen molar-refractivity contribution < 1.29 is 14.2 Å². The maximum atomic E-state index is 5.91. The molecule has 4 nitrogen and oxygen atoms in total. The maximum absolute atomic E-state index is 5.91. The number of piperidine rings is 1. The van der Waals surface area contributed by atoms with E-state index < -0.39 is 0 Å². The average molecular weight is 249 g/mol. The van der Waals surface area contributed by atoms with Crippen LogP contribution in [0.2, 0.25) is 0 Å². The molecule has 0 saturated carbocycles. The smallest absolute Gasteiger partial charge is 0.164 e. The molecule has 1 fully saturated rings. The van der Waals surface area contributed by atoms with Crippen LogP contribution in [0.1, 0.15) is 17.9 Å². The molecule has 1 saturated heterocycles. The van der Waals surface area contributed by atoms with Gasteiger partial charge < -0.3 is 19.5 Å². The monoisotopic (exact) mass is 249 g/mol. The molecular formula is C14H19NO3. The van der Waals surface area contributed by atoms with Gasteiger partial charge in [0, 0.05) is 30.0 Å². The first-order valence-electron chi connectivity index (χ1n) is 6.43. The van der Waals surface area contributed by atoms with Gasteiger partial charge >= 0.3 is 0 Å². The van der Waals surface area contributed by atoms with Gasteiger partial charge in [0.1, 0.15) is 5.75 Å². The number of fused-ring (bicyclic) bond motifs is 3. The molecule has 0 aliphatic carbocycles. The fourth-order valence-corrected chi connectivity index (χ4v) is 2.96.